The molecule has 0 unspecified atom stereocenters. The van der Waals surface area contributed by atoms with Crippen LogP contribution in [0.4, 0.5) is 5.69 Å². The van der Waals surface area contributed by atoms with Gasteiger partial charge in [-0.05, 0) is 114 Å². The SMILES string of the molecule is C[C@@H]1C[C@@H](CO[Si](c2ccccc2)(c2ccccc2)C(C)(C)C)/C=C\[C@H](O)[C@@H]2CC[C@H]2CN2C[C@@]3(CCCc4cc(Cl)ccc43)COc3ccc(cc32)C(=O)NS1(=O)=O. The molecule has 0 aromatic heterocycles. The number of nitrogens with zero attached hydrogens (tertiary/aromatic N) is 1. The molecule has 8 nitrogen and oxygen atoms in total. The zero-order valence-electron chi connectivity index (χ0n) is 34.6. The molecule has 8 rings (SSSR count). The molecule has 59 heavy (non-hydrogen) atoms. The first-order chi connectivity index (χ1) is 28.2. The van der Waals surface area contributed by atoms with Crippen molar-refractivity contribution in [3.05, 3.63) is 131 Å². The third-order valence-corrected chi connectivity index (χ3v) is 20.5. The molecule has 2 N–H and O–H groups in total. The number of aliphatic hydroxyl groups is 1. The first-order valence-corrected chi connectivity index (χ1v) is 25.0. The summed E-state index contributed by atoms with van der Waals surface area (Å²) in [5, 5.41) is 13.7. The van der Waals surface area contributed by atoms with Gasteiger partial charge in [-0.15, -0.1) is 0 Å². The molecule has 2 aliphatic carbocycles. The molecular weight excluding hydrogens is 796 g/mol. The van der Waals surface area contributed by atoms with E-state index in [-0.39, 0.29) is 46.8 Å². The quantitative estimate of drug-likeness (QED) is 0.156. The van der Waals surface area contributed by atoms with Crippen molar-refractivity contribution in [3.63, 3.8) is 0 Å². The maximum Gasteiger partial charge on any atom is 0.264 e. The zero-order valence-corrected chi connectivity index (χ0v) is 37.1. The fourth-order valence-corrected chi connectivity index (χ4v) is 16.2. The van der Waals surface area contributed by atoms with Gasteiger partial charge in [0.25, 0.3) is 14.2 Å². The number of nitrogens with one attached hydrogen (secondary N) is 1. The van der Waals surface area contributed by atoms with E-state index in [4.69, 9.17) is 20.8 Å². The lowest BCUT2D eigenvalue weighted by atomic mass is 9.68. The monoisotopic (exact) mass is 852 g/mol. The van der Waals surface area contributed by atoms with Crippen LogP contribution in [0.5, 0.6) is 5.75 Å². The van der Waals surface area contributed by atoms with Crippen LogP contribution in [-0.2, 0) is 26.3 Å². The van der Waals surface area contributed by atoms with E-state index in [1.807, 2.05) is 54.6 Å². The van der Waals surface area contributed by atoms with Crippen LogP contribution < -0.4 is 24.7 Å². The number of hydrogen-bond acceptors (Lipinski definition) is 7. The van der Waals surface area contributed by atoms with Crippen LogP contribution in [0.2, 0.25) is 10.1 Å². The first kappa shape index (κ1) is 41.8. The first-order valence-electron chi connectivity index (χ1n) is 21.2. The molecule has 4 aromatic rings. The molecule has 1 fully saturated rings. The maximum atomic E-state index is 14.0. The highest BCUT2D eigenvalue weighted by Crippen LogP contribution is 2.47. The Morgan fingerprint density at radius 3 is 2.34 bits per heavy atom. The van der Waals surface area contributed by atoms with Crippen LogP contribution in [0.3, 0.4) is 0 Å². The van der Waals surface area contributed by atoms with Gasteiger partial charge in [0.1, 0.15) is 5.75 Å². The number of rotatable bonds is 5. The lowest BCUT2D eigenvalue weighted by Gasteiger charge is -2.45. The molecule has 1 amide bonds. The van der Waals surface area contributed by atoms with Crippen molar-refractivity contribution in [3.8, 4) is 5.75 Å². The second kappa shape index (κ2) is 16.5. The lowest BCUT2D eigenvalue weighted by Crippen LogP contribution is -2.66. The van der Waals surface area contributed by atoms with E-state index < -0.39 is 35.6 Å². The van der Waals surface area contributed by atoms with Crippen LogP contribution in [0.25, 0.3) is 0 Å². The number of halogens is 1. The Morgan fingerprint density at radius 1 is 0.966 bits per heavy atom. The Balaban J connectivity index is 1.15. The number of aliphatic hydroxyl groups excluding tert-OH is 1. The molecule has 2 bridgehead atoms. The van der Waals surface area contributed by atoms with E-state index in [0.717, 1.165) is 53.2 Å². The minimum atomic E-state index is -4.12. The number of benzene rings is 4. The minimum Gasteiger partial charge on any atom is -0.490 e. The Labute approximate surface area is 356 Å². The number of sulfonamides is 1. The van der Waals surface area contributed by atoms with Crippen molar-refractivity contribution in [1.29, 1.82) is 0 Å². The molecule has 4 aliphatic rings. The highest BCUT2D eigenvalue weighted by molar-refractivity contribution is 7.90. The van der Waals surface area contributed by atoms with Gasteiger partial charge in [0.05, 0.1) is 23.6 Å². The van der Waals surface area contributed by atoms with E-state index >= 15 is 0 Å². The summed E-state index contributed by atoms with van der Waals surface area (Å²) < 4.78 is 44.4. The molecule has 4 aromatic carbocycles. The van der Waals surface area contributed by atoms with Gasteiger partial charge in [0, 0.05) is 41.6 Å². The van der Waals surface area contributed by atoms with E-state index in [0.29, 0.717) is 25.4 Å². The van der Waals surface area contributed by atoms with Gasteiger partial charge in [0.2, 0.25) is 10.0 Å². The summed E-state index contributed by atoms with van der Waals surface area (Å²) in [5.41, 5.74) is 3.19. The highest BCUT2D eigenvalue weighted by atomic mass is 35.5. The number of aryl methyl sites for hydroxylation is 1. The van der Waals surface area contributed by atoms with Gasteiger partial charge in [-0.25, -0.2) is 13.1 Å². The van der Waals surface area contributed by atoms with Gasteiger partial charge in [-0.2, -0.15) is 0 Å². The molecule has 6 atom stereocenters. The van der Waals surface area contributed by atoms with Crippen LogP contribution in [0.1, 0.15) is 81.3 Å². The summed E-state index contributed by atoms with van der Waals surface area (Å²) in [5.74, 6) is -0.158. The molecule has 11 heteroatoms. The molecular formula is C48H57ClN2O6SSi. The predicted molar refractivity (Wildman–Crippen MR) is 239 cm³/mol. The number of ether oxygens (including phenoxy) is 1. The molecule has 0 radical (unpaired) electrons. The van der Waals surface area contributed by atoms with Crippen LogP contribution in [0.15, 0.2) is 109 Å². The largest absolute Gasteiger partial charge is 0.490 e. The number of carbonyl (C=O) groups excluding carboxylic acids is 1. The van der Waals surface area contributed by atoms with Crippen molar-refractivity contribution in [2.75, 3.05) is 31.2 Å². The lowest BCUT2D eigenvalue weighted by molar-refractivity contribution is 0.0453. The maximum absolute atomic E-state index is 14.0. The third-order valence-electron chi connectivity index (χ3n) is 13.6. The van der Waals surface area contributed by atoms with Gasteiger partial charge in [-0.1, -0.05) is 111 Å². The zero-order chi connectivity index (χ0) is 41.6. The fourth-order valence-electron chi connectivity index (χ4n) is 10.3. The van der Waals surface area contributed by atoms with Gasteiger partial charge >= 0.3 is 0 Å². The molecule has 2 aliphatic heterocycles. The summed E-state index contributed by atoms with van der Waals surface area (Å²) in [6, 6.07) is 32.2. The number of fused-ring (bicyclic) bond motifs is 4. The Kier molecular flexibility index (Phi) is 11.7. The summed E-state index contributed by atoms with van der Waals surface area (Å²) in [7, 11) is -7.08. The summed E-state index contributed by atoms with van der Waals surface area (Å²) in [6.07, 6.45) is 8.07. The van der Waals surface area contributed by atoms with Gasteiger partial charge in [-0.3, -0.25) is 4.79 Å². The minimum absolute atomic E-state index is 0.0195. The van der Waals surface area contributed by atoms with Crippen molar-refractivity contribution >= 4 is 51.9 Å². The number of anilines is 1. The van der Waals surface area contributed by atoms with Crippen LogP contribution in [0, 0.1) is 17.8 Å². The fraction of sp³-hybridized carbons (Fsp3) is 0.438. The molecule has 1 spiro atoms. The summed E-state index contributed by atoms with van der Waals surface area (Å²) in [6.45, 7) is 10.3. The van der Waals surface area contributed by atoms with E-state index in [1.54, 1.807) is 25.1 Å². The molecule has 312 valence electrons. The number of hydrogen-bond donors (Lipinski definition) is 2. The third kappa shape index (κ3) is 8.15. The normalized spacial score (nSPS) is 27.6. The van der Waals surface area contributed by atoms with Gasteiger partial charge < -0.3 is 19.2 Å². The number of carbonyl (C=O) groups is 1. The second-order valence-corrected chi connectivity index (χ2v) is 25.3. The number of amides is 1. The van der Waals surface area contributed by atoms with Crippen molar-refractivity contribution < 1.29 is 27.5 Å². The topological polar surface area (TPSA) is 105 Å². The Morgan fingerprint density at radius 2 is 1.68 bits per heavy atom. The van der Waals surface area contributed by atoms with E-state index in [1.165, 1.54) is 11.1 Å². The van der Waals surface area contributed by atoms with E-state index in [2.05, 4.69) is 66.8 Å². The second-order valence-electron chi connectivity index (χ2n) is 18.4. The predicted octanol–water partition coefficient (Wildman–Crippen LogP) is 7.80. The van der Waals surface area contributed by atoms with Crippen molar-refractivity contribution in [1.82, 2.24) is 4.72 Å². The molecule has 0 saturated heterocycles. The summed E-state index contributed by atoms with van der Waals surface area (Å²) in [4.78, 5) is 16.3. The molecule has 1 saturated carbocycles. The average Bonchev–Trinajstić information content (AvgIpc) is 3.35. The Hall–Kier alpha value is -3.93. The van der Waals surface area contributed by atoms with Crippen molar-refractivity contribution in [2.24, 2.45) is 17.8 Å². The van der Waals surface area contributed by atoms with Crippen LogP contribution >= 0.6 is 11.6 Å². The average molecular weight is 854 g/mol. The van der Waals surface area contributed by atoms with Gasteiger partial charge in [0.15, 0.2) is 0 Å². The standard InChI is InChI=1S/C48H57ClN2O6SSi/c1-33-26-34(30-57-59(47(2,3)4,39-13-7-5-8-14-39)40-15-9-6-10-16-40)17-23-44(52)41-21-18-37(41)29-51-31-48(25-11-12-35-27-38(49)20-22-42(35)48)32-56-45-24-19-36(28-43(45)51)46(53)50-58(33,54)55/h5-10,13-17,19-20,22-24,27-28,33-34,37,41,44,52H,11-12,18,21,25-26,29-32H2,1-4H3,(H,50,53)/b23-17-/t33-,34+,37+,41-,44+,48+/m1/s1. The summed E-state index contributed by atoms with van der Waals surface area (Å²) >= 11 is 6.48. The van der Waals surface area contributed by atoms with Crippen LogP contribution in [-0.4, -0.2) is 65.4 Å². The Bertz CT molecular complexity index is 2260. The van der Waals surface area contributed by atoms with E-state index in [9.17, 15) is 18.3 Å². The van der Waals surface area contributed by atoms with Crippen molar-refractivity contribution in [2.45, 2.75) is 88.0 Å². The molecule has 2 heterocycles. The highest BCUT2D eigenvalue weighted by Gasteiger charge is 2.51. The smallest absolute Gasteiger partial charge is 0.264 e.